The van der Waals surface area contributed by atoms with Crippen molar-refractivity contribution in [2.75, 3.05) is 19.7 Å². The third-order valence-corrected chi connectivity index (χ3v) is 5.70. The SMILES string of the molecule is NCCOc1cc(-c2ccnc3[nH]ccc23)sc1C(=O)NCCc1ccccc1. The number of carbonyl (C=O) groups is 1. The van der Waals surface area contributed by atoms with Crippen LogP contribution < -0.4 is 15.8 Å². The number of ether oxygens (including phenoxy) is 1. The van der Waals surface area contributed by atoms with Crippen LogP contribution in [0.15, 0.2) is 60.9 Å². The van der Waals surface area contributed by atoms with E-state index in [1.54, 1.807) is 6.20 Å². The highest BCUT2D eigenvalue weighted by Gasteiger charge is 2.19. The summed E-state index contributed by atoms with van der Waals surface area (Å²) in [5, 5.41) is 4.01. The second kappa shape index (κ2) is 8.89. The molecule has 3 heterocycles. The lowest BCUT2D eigenvalue weighted by Crippen LogP contribution is -2.25. The first kappa shape index (κ1) is 19.2. The number of aromatic amines is 1. The molecule has 29 heavy (non-hydrogen) atoms. The molecular weight excluding hydrogens is 384 g/mol. The van der Waals surface area contributed by atoms with E-state index in [2.05, 4.69) is 27.4 Å². The standard InChI is InChI=1S/C22H22N4O2S/c23-9-13-28-18-14-19(16-7-11-24-21-17(16)8-12-25-21)29-20(18)22(27)26-10-6-15-4-2-1-3-5-15/h1-5,7-8,11-12,14H,6,9-10,13,23H2,(H,24,25)(H,26,27). The normalized spacial score (nSPS) is 10.9. The molecule has 7 heteroatoms. The number of aromatic nitrogens is 2. The van der Waals surface area contributed by atoms with Crippen LogP contribution in [0.3, 0.4) is 0 Å². The molecule has 4 N–H and O–H groups in total. The molecule has 3 aromatic heterocycles. The average molecular weight is 407 g/mol. The van der Waals surface area contributed by atoms with Crippen LogP contribution in [-0.2, 0) is 6.42 Å². The Morgan fingerprint density at radius 1 is 1.21 bits per heavy atom. The van der Waals surface area contributed by atoms with Crippen molar-refractivity contribution >= 4 is 28.3 Å². The van der Waals surface area contributed by atoms with Crippen molar-refractivity contribution in [2.24, 2.45) is 5.73 Å². The molecule has 0 unspecified atom stereocenters. The second-order valence-electron chi connectivity index (χ2n) is 6.53. The predicted octanol–water partition coefficient (Wildman–Crippen LogP) is 3.60. The zero-order valence-electron chi connectivity index (χ0n) is 15.9. The zero-order valence-corrected chi connectivity index (χ0v) is 16.7. The third-order valence-electron chi connectivity index (χ3n) is 4.55. The predicted molar refractivity (Wildman–Crippen MR) is 116 cm³/mol. The van der Waals surface area contributed by atoms with Gasteiger partial charge in [-0.3, -0.25) is 4.79 Å². The molecule has 0 spiro atoms. The molecule has 0 saturated heterocycles. The van der Waals surface area contributed by atoms with Crippen LogP contribution in [0.4, 0.5) is 0 Å². The fourth-order valence-electron chi connectivity index (χ4n) is 3.16. The molecule has 0 bridgehead atoms. The zero-order chi connectivity index (χ0) is 20.1. The lowest BCUT2D eigenvalue weighted by Gasteiger charge is -2.07. The molecule has 1 aromatic carbocycles. The van der Waals surface area contributed by atoms with Crippen molar-refractivity contribution < 1.29 is 9.53 Å². The summed E-state index contributed by atoms with van der Waals surface area (Å²) in [5.41, 5.74) is 8.61. The van der Waals surface area contributed by atoms with Crippen LogP contribution >= 0.6 is 11.3 Å². The van der Waals surface area contributed by atoms with Gasteiger partial charge >= 0.3 is 0 Å². The van der Waals surface area contributed by atoms with Crippen LogP contribution in [0.25, 0.3) is 21.5 Å². The number of nitrogens with one attached hydrogen (secondary N) is 2. The molecule has 0 fully saturated rings. The molecule has 4 rings (SSSR count). The number of pyridine rings is 1. The van der Waals surface area contributed by atoms with Crippen LogP contribution in [0.2, 0.25) is 0 Å². The molecule has 0 aliphatic heterocycles. The highest BCUT2D eigenvalue weighted by Crippen LogP contribution is 2.38. The second-order valence-corrected chi connectivity index (χ2v) is 7.58. The van der Waals surface area contributed by atoms with Crippen LogP contribution in [0, 0.1) is 0 Å². The summed E-state index contributed by atoms with van der Waals surface area (Å²) in [6.45, 7) is 1.30. The van der Waals surface area contributed by atoms with Gasteiger partial charge in [-0.05, 0) is 30.2 Å². The number of nitrogens with two attached hydrogens (primary N) is 1. The smallest absolute Gasteiger partial charge is 0.265 e. The molecule has 0 atom stereocenters. The summed E-state index contributed by atoms with van der Waals surface area (Å²) in [4.78, 5) is 21.8. The maximum absolute atomic E-state index is 12.8. The number of benzene rings is 1. The van der Waals surface area contributed by atoms with Gasteiger partial charge in [-0.2, -0.15) is 0 Å². The van der Waals surface area contributed by atoms with Crippen LogP contribution in [-0.4, -0.2) is 35.6 Å². The number of H-pyrrole nitrogens is 1. The van der Waals surface area contributed by atoms with Gasteiger partial charge < -0.3 is 20.8 Å². The van der Waals surface area contributed by atoms with Gasteiger partial charge in [0.1, 0.15) is 22.9 Å². The van der Waals surface area contributed by atoms with Crippen molar-refractivity contribution in [1.29, 1.82) is 0 Å². The Balaban J connectivity index is 1.56. The van der Waals surface area contributed by atoms with Gasteiger partial charge in [-0.1, -0.05) is 30.3 Å². The van der Waals surface area contributed by atoms with Gasteiger partial charge in [0, 0.05) is 41.3 Å². The minimum atomic E-state index is -0.136. The van der Waals surface area contributed by atoms with Crippen LogP contribution in [0.1, 0.15) is 15.2 Å². The van der Waals surface area contributed by atoms with Crippen LogP contribution in [0.5, 0.6) is 5.75 Å². The van der Waals surface area contributed by atoms with Gasteiger partial charge in [0.05, 0.1) is 0 Å². The van der Waals surface area contributed by atoms with E-state index in [-0.39, 0.29) is 5.91 Å². The first-order chi connectivity index (χ1) is 14.3. The first-order valence-electron chi connectivity index (χ1n) is 9.47. The van der Waals surface area contributed by atoms with Gasteiger partial charge in [-0.15, -0.1) is 11.3 Å². The summed E-state index contributed by atoms with van der Waals surface area (Å²) in [5.74, 6) is 0.428. The van der Waals surface area contributed by atoms with Crippen molar-refractivity contribution in [3.05, 3.63) is 71.4 Å². The number of fused-ring (bicyclic) bond motifs is 1. The van der Waals surface area contributed by atoms with Gasteiger partial charge in [0.25, 0.3) is 5.91 Å². The lowest BCUT2D eigenvalue weighted by atomic mass is 10.1. The Hall–Kier alpha value is -3.16. The maximum atomic E-state index is 12.8. The highest BCUT2D eigenvalue weighted by molar-refractivity contribution is 7.17. The average Bonchev–Trinajstić information content (AvgIpc) is 3.40. The monoisotopic (exact) mass is 406 g/mol. The fraction of sp³-hybridized carbons (Fsp3) is 0.182. The van der Waals surface area contributed by atoms with Gasteiger partial charge in [0.2, 0.25) is 0 Å². The summed E-state index contributed by atoms with van der Waals surface area (Å²) in [6, 6.07) is 15.9. The van der Waals surface area contributed by atoms with E-state index in [9.17, 15) is 4.79 Å². The van der Waals surface area contributed by atoms with E-state index >= 15 is 0 Å². The molecule has 0 radical (unpaired) electrons. The molecular formula is C22H22N4O2S. The fourth-order valence-corrected chi connectivity index (χ4v) is 4.22. The first-order valence-corrected chi connectivity index (χ1v) is 10.3. The molecule has 0 saturated carbocycles. The summed E-state index contributed by atoms with van der Waals surface area (Å²) in [7, 11) is 0. The number of hydrogen-bond acceptors (Lipinski definition) is 5. The Morgan fingerprint density at radius 3 is 2.90 bits per heavy atom. The van der Waals surface area contributed by atoms with E-state index in [4.69, 9.17) is 10.5 Å². The molecule has 0 aliphatic carbocycles. The topological polar surface area (TPSA) is 93.0 Å². The molecule has 6 nitrogen and oxygen atoms in total. The van der Waals surface area contributed by atoms with E-state index < -0.39 is 0 Å². The summed E-state index contributed by atoms with van der Waals surface area (Å²) >= 11 is 1.42. The van der Waals surface area contributed by atoms with Crippen molar-refractivity contribution in [3.63, 3.8) is 0 Å². The number of nitrogens with zero attached hydrogens (tertiary/aromatic N) is 1. The van der Waals surface area contributed by atoms with Crippen molar-refractivity contribution in [3.8, 4) is 16.2 Å². The Morgan fingerprint density at radius 2 is 2.07 bits per heavy atom. The largest absolute Gasteiger partial charge is 0.491 e. The number of carbonyl (C=O) groups excluding carboxylic acids is 1. The summed E-state index contributed by atoms with van der Waals surface area (Å²) < 4.78 is 5.77. The Kier molecular flexibility index (Phi) is 5.88. The van der Waals surface area contributed by atoms with Crippen molar-refractivity contribution in [2.45, 2.75) is 6.42 Å². The number of amides is 1. The number of hydrogen-bond donors (Lipinski definition) is 3. The summed E-state index contributed by atoms with van der Waals surface area (Å²) in [6.07, 6.45) is 4.39. The highest BCUT2D eigenvalue weighted by atomic mass is 32.1. The van der Waals surface area contributed by atoms with Gasteiger partial charge in [0.15, 0.2) is 0 Å². The maximum Gasteiger partial charge on any atom is 0.265 e. The molecule has 4 aromatic rings. The van der Waals surface area contributed by atoms with E-state index in [0.29, 0.717) is 30.3 Å². The van der Waals surface area contributed by atoms with Crippen molar-refractivity contribution in [1.82, 2.24) is 15.3 Å². The molecule has 1 amide bonds. The number of thiophene rings is 1. The number of rotatable bonds is 8. The molecule has 0 aliphatic rings. The quantitative estimate of drug-likeness (QED) is 0.417. The van der Waals surface area contributed by atoms with Gasteiger partial charge in [-0.25, -0.2) is 4.98 Å². The lowest BCUT2D eigenvalue weighted by molar-refractivity contribution is 0.0954. The van der Waals surface area contributed by atoms with E-state index in [1.165, 1.54) is 16.9 Å². The van der Waals surface area contributed by atoms with E-state index in [1.807, 2.05) is 42.6 Å². The molecule has 148 valence electrons. The Labute approximate surface area is 172 Å². The van der Waals surface area contributed by atoms with E-state index in [0.717, 1.165) is 27.9 Å². The minimum Gasteiger partial charge on any atom is -0.491 e. The minimum absolute atomic E-state index is 0.136. The Bertz CT molecular complexity index is 1100. The third kappa shape index (κ3) is 4.31.